The van der Waals surface area contributed by atoms with Gasteiger partial charge in [-0.1, -0.05) is 61.5 Å². The average molecular weight is 666 g/mol. The Labute approximate surface area is 274 Å². The van der Waals surface area contributed by atoms with E-state index in [1.807, 2.05) is 25.6 Å². The third-order valence-corrected chi connectivity index (χ3v) is 8.92. The van der Waals surface area contributed by atoms with Crippen LogP contribution >= 0.6 is 35.0 Å². The van der Waals surface area contributed by atoms with Crippen molar-refractivity contribution in [3.63, 3.8) is 0 Å². The highest BCUT2D eigenvalue weighted by atomic mass is 35.5. The number of allylic oxidation sites excluding steroid dienone is 2. The Morgan fingerprint density at radius 3 is 2.64 bits per heavy atom. The molecule has 12 heteroatoms. The van der Waals surface area contributed by atoms with E-state index in [1.54, 1.807) is 10.6 Å². The second-order valence-electron chi connectivity index (χ2n) is 10.7. The molecular formula is C32H42Cl2N4O5S. The molecule has 0 saturated carbocycles. The minimum atomic E-state index is -0.207. The van der Waals surface area contributed by atoms with E-state index in [0.29, 0.717) is 70.4 Å². The number of aromatic nitrogens is 3. The van der Waals surface area contributed by atoms with Crippen molar-refractivity contribution in [1.82, 2.24) is 14.3 Å². The Morgan fingerprint density at radius 2 is 2.00 bits per heavy atom. The molecule has 0 amide bonds. The van der Waals surface area contributed by atoms with E-state index in [-0.39, 0.29) is 29.8 Å². The van der Waals surface area contributed by atoms with E-state index in [2.05, 4.69) is 30.0 Å². The first kappa shape index (κ1) is 35.6. The van der Waals surface area contributed by atoms with Crippen molar-refractivity contribution in [2.75, 3.05) is 19.0 Å². The van der Waals surface area contributed by atoms with Crippen LogP contribution in [-0.4, -0.2) is 55.2 Å². The number of carbonyl (C=O) groups is 1. The number of hydrogen-bond acceptors (Lipinski definition) is 8. The summed E-state index contributed by atoms with van der Waals surface area (Å²) in [6.07, 6.45) is 11.5. The Morgan fingerprint density at radius 1 is 1.23 bits per heavy atom. The molecule has 1 N–H and O–H groups in total. The number of halogens is 2. The largest absolute Gasteiger partial charge is 0.511 e. The Balaban J connectivity index is 0.000000240. The van der Waals surface area contributed by atoms with Crippen molar-refractivity contribution < 1.29 is 19.5 Å². The van der Waals surface area contributed by atoms with E-state index >= 15 is 0 Å². The molecule has 2 atom stereocenters. The molecule has 2 aromatic rings. The Hall–Kier alpha value is -2.87. The van der Waals surface area contributed by atoms with Gasteiger partial charge in [-0.25, -0.2) is 4.79 Å². The summed E-state index contributed by atoms with van der Waals surface area (Å²) in [5.74, 6) is 5.03. The lowest BCUT2D eigenvalue weighted by Crippen LogP contribution is -2.26. The molecule has 1 aromatic heterocycles. The fraction of sp³-hybridized carbons (Fsp3) is 0.562. The maximum absolute atomic E-state index is 12.5. The number of nitrogens with zero attached hydrogens (tertiary/aromatic N) is 4. The maximum atomic E-state index is 12.5. The summed E-state index contributed by atoms with van der Waals surface area (Å²) in [5.41, 5.74) is 1.23. The van der Waals surface area contributed by atoms with Crippen molar-refractivity contribution in [3.8, 4) is 23.8 Å². The second-order valence-corrected chi connectivity index (χ2v) is 13.2. The van der Waals surface area contributed by atoms with E-state index in [1.165, 1.54) is 10.7 Å². The third kappa shape index (κ3) is 9.32. The maximum Gasteiger partial charge on any atom is 0.350 e. The zero-order chi connectivity index (χ0) is 32.2. The summed E-state index contributed by atoms with van der Waals surface area (Å²) in [7, 11) is 0. The van der Waals surface area contributed by atoms with Crippen molar-refractivity contribution in [1.29, 1.82) is 0 Å². The van der Waals surface area contributed by atoms with Crippen LogP contribution in [0.4, 0.5) is 0 Å². The average Bonchev–Trinajstić information content (AvgIpc) is 3.31. The molecule has 0 radical (unpaired) electrons. The molecule has 2 aliphatic rings. The van der Waals surface area contributed by atoms with Crippen molar-refractivity contribution in [2.24, 2.45) is 11.1 Å². The third-order valence-electron chi connectivity index (χ3n) is 7.23. The van der Waals surface area contributed by atoms with Gasteiger partial charge in [0.15, 0.2) is 5.78 Å². The number of Topliss-reactive ketones (excluding diaryl/α,β-unsaturated/α-hetero) is 1. The number of carbonyl (C=O) groups excluding carboxylic acids is 1. The smallest absolute Gasteiger partial charge is 0.350 e. The summed E-state index contributed by atoms with van der Waals surface area (Å²) in [5, 5.41) is 20.0. The SMILES string of the molecule is C#CCOc1cc(-n2nc3n(c2=O)CCCC3)c(Cl)cc1Cl.CCCC(=NOCC)C1=C(O)CC(CC(C)SCC)CC1=O. The Bertz CT molecular complexity index is 1460. The summed E-state index contributed by atoms with van der Waals surface area (Å²) < 4.78 is 8.34. The number of oxime groups is 1. The molecule has 1 aliphatic carbocycles. The van der Waals surface area contributed by atoms with Gasteiger partial charge < -0.3 is 14.7 Å². The van der Waals surface area contributed by atoms with E-state index in [4.69, 9.17) is 39.2 Å². The number of aryl methyl sites for hydroxylation is 1. The summed E-state index contributed by atoms with van der Waals surface area (Å²) in [6.45, 7) is 9.43. The lowest BCUT2D eigenvalue weighted by molar-refractivity contribution is -0.116. The molecule has 240 valence electrons. The van der Waals surface area contributed by atoms with Gasteiger partial charge >= 0.3 is 5.69 Å². The molecule has 44 heavy (non-hydrogen) atoms. The van der Waals surface area contributed by atoms with Crippen LogP contribution in [0.3, 0.4) is 0 Å². The van der Waals surface area contributed by atoms with Crippen molar-refractivity contribution in [3.05, 3.63) is 49.8 Å². The standard InChI is InChI=1S/C17H29NO3S.C15H13Cl2N3O2/c1-5-8-14(18-21-6-2)17-15(19)10-13(11-16(17)20)9-12(4)22-7-3;1-2-7-22-13-9-12(10(16)8-11(13)17)20-15(21)19-6-4-3-5-14(19)18-20/h12-13,19H,5-11H2,1-4H3;1,8-9H,3-7H2. The fourth-order valence-corrected chi connectivity index (χ4v) is 6.85. The second kappa shape index (κ2) is 17.6. The predicted octanol–water partition coefficient (Wildman–Crippen LogP) is 7.19. The van der Waals surface area contributed by atoms with Crippen molar-refractivity contribution in [2.45, 2.75) is 90.9 Å². The Kier molecular flexibility index (Phi) is 14.2. The van der Waals surface area contributed by atoms with Crippen LogP contribution < -0.4 is 10.4 Å². The minimum Gasteiger partial charge on any atom is -0.511 e. The summed E-state index contributed by atoms with van der Waals surface area (Å²) in [6, 6.07) is 3.11. The summed E-state index contributed by atoms with van der Waals surface area (Å²) in [4.78, 5) is 30.1. The van der Waals surface area contributed by atoms with Gasteiger partial charge in [0.2, 0.25) is 0 Å². The molecule has 4 rings (SSSR count). The highest BCUT2D eigenvalue weighted by Crippen LogP contribution is 2.34. The van der Waals surface area contributed by atoms with Gasteiger partial charge in [-0.3, -0.25) is 9.36 Å². The quantitative estimate of drug-likeness (QED) is 0.145. The molecule has 0 fully saturated rings. The normalized spacial score (nSPS) is 17.3. The van der Waals surface area contributed by atoms with E-state index < -0.39 is 0 Å². The number of benzene rings is 1. The van der Waals surface area contributed by atoms with Crippen LogP contribution in [0.1, 0.15) is 78.5 Å². The van der Waals surface area contributed by atoms with Gasteiger partial charge in [0, 0.05) is 37.1 Å². The number of hydrogen-bond donors (Lipinski definition) is 1. The number of rotatable bonds is 12. The molecule has 2 unspecified atom stereocenters. The van der Waals surface area contributed by atoms with Crippen LogP contribution in [0.25, 0.3) is 5.69 Å². The lowest BCUT2D eigenvalue weighted by atomic mass is 9.82. The number of aliphatic hydroxyl groups is 1. The van der Waals surface area contributed by atoms with Gasteiger partial charge in [0.05, 0.1) is 27.0 Å². The highest BCUT2D eigenvalue weighted by Gasteiger charge is 2.31. The molecule has 1 aliphatic heterocycles. The fourth-order valence-electron chi connectivity index (χ4n) is 5.35. The van der Waals surface area contributed by atoms with Gasteiger partial charge in [0.25, 0.3) is 0 Å². The number of terminal acetylenes is 1. The molecule has 2 heterocycles. The molecular weight excluding hydrogens is 623 g/mol. The van der Waals surface area contributed by atoms with Gasteiger partial charge in [-0.2, -0.15) is 16.4 Å². The number of ether oxygens (including phenoxy) is 1. The van der Waals surface area contributed by atoms with Crippen LogP contribution in [0.2, 0.25) is 10.0 Å². The molecule has 0 saturated heterocycles. The van der Waals surface area contributed by atoms with Crippen LogP contribution in [0.5, 0.6) is 5.75 Å². The number of ketones is 1. The van der Waals surface area contributed by atoms with Gasteiger partial charge in [0.1, 0.15) is 30.5 Å². The highest BCUT2D eigenvalue weighted by molar-refractivity contribution is 7.99. The first-order chi connectivity index (χ1) is 21.1. The predicted molar refractivity (Wildman–Crippen MR) is 179 cm³/mol. The first-order valence-electron chi connectivity index (χ1n) is 15.1. The first-order valence-corrected chi connectivity index (χ1v) is 17.0. The van der Waals surface area contributed by atoms with E-state index in [0.717, 1.165) is 43.7 Å². The number of thioether (sulfide) groups is 1. The lowest BCUT2D eigenvalue weighted by Gasteiger charge is -2.25. The van der Waals surface area contributed by atoms with E-state index in [9.17, 15) is 14.7 Å². The van der Waals surface area contributed by atoms with Crippen LogP contribution in [0, 0.1) is 18.3 Å². The van der Waals surface area contributed by atoms with Crippen LogP contribution in [-0.2, 0) is 22.6 Å². The monoisotopic (exact) mass is 664 g/mol. The topological polar surface area (TPSA) is 108 Å². The number of aliphatic hydroxyl groups excluding tert-OH is 1. The van der Waals surface area contributed by atoms with Crippen LogP contribution in [0.15, 0.2) is 33.4 Å². The molecule has 0 bridgehead atoms. The zero-order valence-corrected chi connectivity index (χ0v) is 28.2. The minimum absolute atomic E-state index is 0.00866. The summed E-state index contributed by atoms with van der Waals surface area (Å²) >= 11 is 14.2. The molecule has 9 nitrogen and oxygen atoms in total. The zero-order valence-electron chi connectivity index (χ0n) is 25.9. The molecule has 0 spiro atoms. The van der Waals surface area contributed by atoms with Gasteiger partial charge in [-0.15, -0.1) is 11.5 Å². The number of fused-ring (bicyclic) bond motifs is 1. The molecule has 1 aromatic carbocycles. The van der Waals surface area contributed by atoms with Gasteiger partial charge in [-0.05, 0) is 50.3 Å². The van der Waals surface area contributed by atoms with Crippen molar-refractivity contribution >= 4 is 46.5 Å².